The Balaban J connectivity index is 1.60. The number of carbonyl (C=O) groups is 1. The zero-order valence-electron chi connectivity index (χ0n) is 25.7. The minimum Gasteiger partial charge on any atom is -0.465 e. The highest BCUT2D eigenvalue weighted by molar-refractivity contribution is 7.48. The van der Waals surface area contributed by atoms with Crippen molar-refractivity contribution in [2.75, 3.05) is 41.3 Å². The maximum atomic E-state index is 13.5. The number of phosphoric acid groups is 1. The molecule has 0 aliphatic rings. The molecule has 13 nitrogen and oxygen atoms in total. The van der Waals surface area contributed by atoms with Gasteiger partial charge in [-0.3, -0.25) is 9.32 Å². The fourth-order valence-electron chi connectivity index (χ4n) is 4.66. The Hall–Kier alpha value is -3.64. The van der Waals surface area contributed by atoms with Crippen molar-refractivity contribution >= 4 is 45.4 Å². The van der Waals surface area contributed by atoms with E-state index in [0.29, 0.717) is 25.7 Å². The summed E-state index contributed by atoms with van der Waals surface area (Å²) < 4.78 is 83.8. The minimum atomic E-state index is -4.53. The normalized spacial score (nSPS) is 13.5. The first-order chi connectivity index (χ1) is 22.8. The highest BCUT2D eigenvalue weighted by atomic mass is 32.1. The summed E-state index contributed by atoms with van der Waals surface area (Å²) in [6.45, 7) is -1.06. The zero-order valence-corrected chi connectivity index (χ0v) is 27.4. The third-order valence-corrected chi connectivity index (χ3v) is 9.02. The van der Waals surface area contributed by atoms with Crippen LogP contribution >= 0.6 is 19.2 Å². The summed E-state index contributed by atoms with van der Waals surface area (Å²) in [5.74, 6) is 0.249. The number of amides is 1. The van der Waals surface area contributed by atoms with Crippen molar-refractivity contribution in [2.45, 2.75) is 24.6 Å². The molecule has 48 heavy (non-hydrogen) atoms. The van der Waals surface area contributed by atoms with Gasteiger partial charge in [-0.15, -0.1) is 20.7 Å². The lowest BCUT2D eigenvalue weighted by Gasteiger charge is -2.33. The molecule has 0 fully saturated rings. The Labute approximate surface area is 275 Å². The van der Waals surface area contributed by atoms with Crippen molar-refractivity contribution < 1.29 is 65.5 Å². The fourth-order valence-corrected chi connectivity index (χ4v) is 6.63. The van der Waals surface area contributed by atoms with E-state index in [4.69, 9.17) is 18.7 Å². The van der Waals surface area contributed by atoms with Crippen molar-refractivity contribution in [3.8, 4) is 11.5 Å². The second kappa shape index (κ2) is 16.2. The summed E-state index contributed by atoms with van der Waals surface area (Å²) in [6, 6.07) is 14.3. The molecule has 18 heteroatoms. The molecule has 0 radical (unpaired) electrons. The molecule has 3 aromatic carbocycles. The van der Waals surface area contributed by atoms with E-state index in [2.05, 4.69) is 24.4 Å². The van der Waals surface area contributed by atoms with Crippen molar-refractivity contribution in [1.29, 1.82) is 0 Å². The first-order valence-corrected chi connectivity index (χ1v) is 16.2. The molecule has 1 aromatic heterocycles. The number of carboxylic acid groups (broad SMARTS) is 1. The Morgan fingerprint density at radius 3 is 2.31 bits per heavy atom. The average molecular weight is 718 g/mol. The van der Waals surface area contributed by atoms with Crippen LogP contribution in [0.15, 0.2) is 65.5 Å². The molecule has 0 bridgehead atoms. The van der Waals surface area contributed by atoms with Gasteiger partial charge in [0, 0.05) is 27.3 Å². The smallest absolute Gasteiger partial charge is 0.465 e. The Bertz CT molecular complexity index is 1830. The van der Waals surface area contributed by atoms with Gasteiger partial charge in [-0.2, -0.15) is 13.2 Å². The quantitative estimate of drug-likeness (QED) is 0.0287. The molecule has 1 heterocycles. The predicted octanol–water partition coefficient (Wildman–Crippen LogP) is 7.07. The van der Waals surface area contributed by atoms with Crippen LogP contribution in [0.5, 0.6) is 11.5 Å². The van der Waals surface area contributed by atoms with E-state index >= 15 is 0 Å². The topological polar surface area (TPSA) is 157 Å². The zero-order chi connectivity index (χ0) is 35.0. The molecule has 1 atom stereocenters. The van der Waals surface area contributed by atoms with Gasteiger partial charge in [-0.25, -0.2) is 19.1 Å². The van der Waals surface area contributed by atoms with E-state index in [-0.39, 0.29) is 43.2 Å². The molecular formula is C30H31F3NO12PS. The van der Waals surface area contributed by atoms with Crippen LogP contribution in [-0.4, -0.2) is 58.1 Å². The highest BCUT2D eigenvalue weighted by Crippen LogP contribution is 2.50. The first kappa shape index (κ1) is 37.2. The van der Waals surface area contributed by atoms with Crippen LogP contribution in [0.25, 0.3) is 20.2 Å². The van der Waals surface area contributed by atoms with E-state index in [1.807, 2.05) is 0 Å². The Kier molecular flexibility index (Phi) is 12.5. The molecule has 0 saturated heterocycles. The van der Waals surface area contributed by atoms with Crippen LogP contribution in [0.2, 0.25) is 0 Å². The van der Waals surface area contributed by atoms with E-state index in [9.17, 15) is 32.4 Å². The van der Waals surface area contributed by atoms with Crippen LogP contribution < -0.4 is 15.5 Å². The van der Waals surface area contributed by atoms with E-state index < -0.39 is 37.8 Å². The first-order valence-electron chi connectivity index (χ1n) is 13.9. The monoisotopic (exact) mass is 717 g/mol. The Morgan fingerprint density at radius 1 is 0.917 bits per heavy atom. The number of ether oxygens (including phenoxy) is 3. The number of methoxy groups -OCH3 is 1. The lowest BCUT2D eigenvalue weighted by Crippen LogP contribution is -2.55. The van der Waals surface area contributed by atoms with Crippen LogP contribution in [0, 0.1) is 0 Å². The van der Waals surface area contributed by atoms with Crippen LogP contribution in [0.3, 0.4) is 0 Å². The van der Waals surface area contributed by atoms with Gasteiger partial charge in [0.15, 0.2) is 5.43 Å². The second-order valence-corrected chi connectivity index (χ2v) is 12.8. The van der Waals surface area contributed by atoms with Crippen molar-refractivity contribution in [1.82, 2.24) is 5.32 Å². The van der Waals surface area contributed by atoms with E-state index in [1.165, 1.54) is 42.7 Å². The van der Waals surface area contributed by atoms with E-state index in [0.717, 1.165) is 26.4 Å². The molecule has 0 aliphatic carbocycles. The highest BCUT2D eigenvalue weighted by Gasteiger charge is 2.39. The van der Waals surface area contributed by atoms with Crippen molar-refractivity contribution in [2.24, 2.45) is 0 Å². The maximum absolute atomic E-state index is 13.5. The number of rotatable bonds is 17. The summed E-state index contributed by atoms with van der Waals surface area (Å²) in [7, 11) is -0.959. The van der Waals surface area contributed by atoms with Crippen molar-refractivity contribution in [3.05, 3.63) is 82.0 Å². The summed E-state index contributed by atoms with van der Waals surface area (Å²) in [6.07, 6.45) is -5.74. The van der Waals surface area contributed by atoms with Crippen LogP contribution in [-0.2, 0) is 50.3 Å². The largest absolute Gasteiger partial charge is 0.529 e. The molecular weight excluding hydrogens is 686 g/mol. The third kappa shape index (κ3) is 9.72. The number of aryl methyl sites for hydroxylation is 1. The molecule has 0 aliphatic heterocycles. The molecule has 1 unspecified atom stereocenters. The maximum Gasteiger partial charge on any atom is 0.529 e. The SMILES string of the molecule is COCOCC(CCc1ccc2sc3cc(Oc4cccc(C(F)(F)F)c4)ccc3c(=O)c2c1)(COP(=O)(OOC)OOC)NC(=O)O. The number of nitrogens with one attached hydrogen (secondary N) is 1. The fraction of sp³-hybridized carbons (Fsp3) is 0.333. The molecule has 0 spiro atoms. The second-order valence-electron chi connectivity index (χ2n) is 10.2. The minimum absolute atomic E-state index is 0.00583. The Morgan fingerprint density at radius 2 is 1.65 bits per heavy atom. The number of halogens is 3. The molecule has 0 saturated carbocycles. The van der Waals surface area contributed by atoms with Gasteiger partial charge in [0.25, 0.3) is 0 Å². The number of hydrogen-bond acceptors (Lipinski definition) is 12. The lowest BCUT2D eigenvalue weighted by atomic mass is 9.92. The predicted molar refractivity (Wildman–Crippen MR) is 167 cm³/mol. The molecule has 4 aromatic rings. The van der Waals surface area contributed by atoms with Crippen LogP contribution in [0.1, 0.15) is 17.5 Å². The summed E-state index contributed by atoms with van der Waals surface area (Å²) in [4.78, 5) is 34.2. The summed E-state index contributed by atoms with van der Waals surface area (Å²) >= 11 is 1.29. The number of fused-ring (bicyclic) bond motifs is 2. The van der Waals surface area contributed by atoms with Gasteiger partial charge in [0.2, 0.25) is 0 Å². The van der Waals surface area contributed by atoms with Gasteiger partial charge < -0.3 is 24.6 Å². The van der Waals surface area contributed by atoms with Gasteiger partial charge in [0.05, 0.1) is 38.5 Å². The average Bonchev–Trinajstić information content (AvgIpc) is 3.03. The number of benzene rings is 3. The standard InChI is InChI=1S/C30H31F3NO12PS/c1-39-18-42-16-29(34-28(36)37,17-43-47(38,45-40-2)46-41-3)12-11-19-7-10-25-24(13-19)27(35)23-9-8-22(15-26(23)48-25)44-21-6-4-5-20(14-21)30(31,32)33/h4-10,13-15,34H,11-12,16-18H2,1-3H3,(H,36,37). The van der Waals surface area contributed by atoms with E-state index in [1.54, 1.807) is 24.3 Å². The molecule has 260 valence electrons. The number of alkyl halides is 3. The van der Waals surface area contributed by atoms with Gasteiger partial charge in [0.1, 0.15) is 18.3 Å². The molecule has 1 amide bonds. The lowest BCUT2D eigenvalue weighted by molar-refractivity contribution is -0.260. The van der Waals surface area contributed by atoms with Crippen molar-refractivity contribution in [3.63, 3.8) is 0 Å². The summed E-state index contributed by atoms with van der Waals surface area (Å²) in [5.41, 5.74) is -2.00. The third-order valence-electron chi connectivity index (χ3n) is 6.78. The molecule has 2 N–H and O–H groups in total. The summed E-state index contributed by atoms with van der Waals surface area (Å²) in [5, 5.41) is 12.8. The van der Waals surface area contributed by atoms with Gasteiger partial charge in [-0.05, 0) is 66.9 Å². The van der Waals surface area contributed by atoms with Gasteiger partial charge in [-0.1, -0.05) is 12.1 Å². The van der Waals surface area contributed by atoms with Crippen LogP contribution in [0.4, 0.5) is 18.0 Å². The van der Waals surface area contributed by atoms with Gasteiger partial charge >= 0.3 is 20.1 Å². The molecule has 4 rings (SSSR count). The number of hydrogen-bond donors (Lipinski definition) is 2.